The number of aromatic nitrogens is 2. The second-order valence-corrected chi connectivity index (χ2v) is 2.41. The molecule has 6 heteroatoms. The zero-order valence-electron chi connectivity index (χ0n) is 6.04. The van der Waals surface area contributed by atoms with E-state index in [0.717, 1.165) is 0 Å². The summed E-state index contributed by atoms with van der Waals surface area (Å²) in [5, 5.41) is 0. The van der Waals surface area contributed by atoms with Crippen molar-refractivity contribution in [2.75, 3.05) is 0 Å². The number of rotatable bonds is 0. The third kappa shape index (κ3) is 1.06. The minimum atomic E-state index is -1.65. The van der Waals surface area contributed by atoms with Crippen molar-refractivity contribution >= 4 is 11.0 Å². The zero-order valence-corrected chi connectivity index (χ0v) is 6.04. The number of H-pyrrole nitrogens is 1. The van der Waals surface area contributed by atoms with Gasteiger partial charge in [-0.25, -0.2) is 13.2 Å². The van der Waals surface area contributed by atoms with E-state index in [4.69, 9.17) is 0 Å². The molecule has 1 aromatic heterocycles. The van der Waals surface area contributed by atoms with Gasteiger partial charge in [-0.1, -0.05) is 0 Å². The molecule has 0 saturated heterocycles. The molecule has 2 nitrogen and oxygen atoms in total. The quantitative estimate of drug-likeness (QED) is 0.500. The molecule has 13 heavy (non-hydrogen) atoms. The number of halogens is 4. The Kier molecular flexibility index (Phi) is 1.51. The molecular formula is C7H2F4N2. The summed E-state index contributed by atoms with van der Waals surface area (Å²) in [5.74, 6) is -4.53. The van der Waals surface area contributed by atoms with Crippen molar-refractivity contribution in [2.45, 2.75) is 0 Å². The number of benzene rings is 1. The van der Waals surface area contributed by atoms with Crippen LogP contribution in [0.2, 0.25) is 0 Å². The van der Waals surface area contributed by atoms with Gasteiger partial charge < -0.3 is 4.98 Å². The van der Waals surface area contributed by atoms with Gasteiger partial charge in [0.1, 0.15) is 5.52 Å². The molecule has 0 unspecified atom stereocenters. The van der Waals surface area contributed by atoms with E-state index in [1.165, 1.54) is 0 Å². The maximum atomic E-state index is 12.8. The van der Waals surface area contributed by atoms with E-state index in [-0.39, 0.29) is 5.52 Å². The van der Waals surface area contributed by atoms with Crippen molar-refractivity contribution in [3.8, 4) is 0 Å². The van der Waals surface area contributed by atoms with E-state index in [1.807, 2.05) is 4.98 Å². The lowest BCUT2D eigenvalue weighted by Gasteiger charge is -1.94. The van der Waals surface area contributed by atoms with Crippen LogP contribution < -0.4 is 0 Å². The number of hydrogen-bond donors (Lipinski definition) is 1. The number of nitrogens with zero attached hydrogens (tertiary/aromatic N) is 1. The van der Waals surface area contributed by atoms with Crippen LogP contribution in [0.3, 0.4) is 0 Å². The van der Waals surface area contributed by atoms with E-state index >= 15 is 0 Å². The van der Waals surface area contributed by atoms with Crippen LogP contribution >= 0.6 is 0 Å². The lowest BCUT2D eigenvalue weighted by Crippen LogP contribution is -1.91. The van der Waals surface area contributed by atoms with Crippen LogP contribution in [0.5, 0.6) is 0 Å². The van der Waals surface area contributed by atoms with Gasteiger partial charge in [-0.3, -0.25) is 0 Å². The summed E-state index contributed by atoms with van der Waals surface area (Å²) in [4.78, 5) is 4.95. The summed E-state index contributed by atoms with van der Waals surface area (Å²) < 4.78 is 50.3. The Balaban J connectivity index is 2.92. The predicted molar refractivity (Wildman–Crippen MR) is 35.9 cm³/mol. The monoisotopic (exact) mass is 190 g/mol. The Bertz CT molecular complexity index is 477. The highest BCUT2D eigenvalue weighted by atomic mass is 19.2. The maximum absolute atomic E-state index is 12.8. The first kappa shape index (κ1) is 8.03. The lowest BCUT2D eigenvalue weighted by molar-refractivity contribution is 0.452. The van der Waals surface area contributed by atoms with Gasteiger partial charge in [-0.05, 0) is 0 Å². The van der Waals surface area contributed by atoms with Crippen LogP contribution in [-0.4, -0.2) is 9.97 Å². The Hall–Kier alpha value is -1.59. The Morgan fingerprint density at radius 1 is 1.08 bits per heavy atom. The summed E-state index contributed by atoms with van der Waals surface area (Å²) >= 11 is 0. The number of imidazole rings is 1. The average molecular weight is 190 g/mol. The fraction of sp³-hybridized carbons (Fsp3) is 0. The van der Waals surface area contributed by atoms with E-state index in [9.17, 15) is 17.6 Å². The highest BCUT2D eigenvalue weighted by Gasteiger charge is 2.16. The molecule has 0 spiro atoms. The highest BCUT2D eigenvalue weighted by Crippen LogP contribution is 2.20. The second kappa shape index (κ2) is 2.45. The number of nitrogens with one attached hydrogen (secondary N) is 1. The van der Waals surface area contributed by atoms with Gasteiger partial charge in [0.15, 0.2) is 17.5 Å². The number of fused-ring (bicyclic) bond motifs is 1. The van der Waals surface area contributed by atoms with E-state index in [1.54, 1.807) is 0 Å². The molecule has 1 N–H and O–H groups in total. The van der Waals surface area contributed by atoms with Crippen molar-refractivity contribution in [1.82, 2.24) is 9.97 Å². The third-order valence-electron chi connectivity index (χ3n) is 1.58. The Labute approximate surface area is 69.2 Å². The van der Waals surface area contributed by atoms with Crippen LogP contribution in [0, 0.1) is 23.5 Å². The predicted octanol–water partition coefficient (Wildman–Crippen LogP) is 2.12. The topological polar surface area (TPSA) is 28.7 Å². The molecule has 1 aromatic carbocycles. The SMILES string of the molecule is Fc1nc2c(F)c(F)c(F)cc2[nH]1. The smallest absolute Gasteiger partial charge is 0.287 e. The first-order valence-electron chi connectivity index (χ1n) is 3.28. The van der Waals surface area contributed by atoms with Crippen LogP contribution in [0.1, 0.15) is 0 Å². The molecule has 0 aliphatic rings. The fourth-order valence-corrected chi connectivity index (χ4v) is 1.03. The van der Waals surface area contributed by atoms with Crippen molar-refractivity contribution in [1.29, 1.82) is 0 Å². The fourth-order valence-electron chi connectivity index (χ4n) is 1.03. The molecule has 0 atom stereocenters. The van der Waals surface area contributed by atoms with Gasteiger partial charge in [0.25, 0.3) is 6.08 Å². The minimum absolute atomic E-state index is 0.214. The molecule has 0 amide bonds. The molecule has 2 aromatic rings. The second-order valence-electron chi connectivity index (χ2n) is 2.41. The van der Waals surface area contributed by atoms with Gasteiger partial charge >= 0.3 is 0 Å². The van der Waals surface area contributed by atoms with Crippen LogP contribution in [0.4, 0.5) is 17.6 Å². The minimum Gasteiger partial charge on any atom is -0.314 e. The molecule has 0 saturated carbocycles. The van der Waals surface area contributed by atoms with Crippen molar-refractivity contribution in [3.05, 3.63) is 29.6 Å². The van der Waals surface area contributed by atoms with Crippen molar-refractivity contribution < 1.29 is 17.6 Å². The zero-order chi connectivity index (χ0) is 9.59. The third-order valence-corrected chi connectivity index (χ3v) is 1.58. The van der Waals surface area contributed by atoms with E-state index in [2.05, 4.69) is 4.98 Å². The molecule has 2 rings (SSSR count). The number of hydrogen-bond acceptors (Lipinski definition) is 1. The Morgan fingerprint density at radius 2 is 1.77 bits per heavy atom. The van der Waals surface area contributed by atoms with Gasteiger partial charge in [0.2, 0.25) is 0 Å². The molecular weight excluding hydrogens is 188 g/mol. The van der Waals surface area contributed by atoms with E-state index in [0.29, 0.717) is 6.07 Å². The number of aromatic amines is 1. The molecule has 0 aliphatic heterocycles. The molecule has 0 bridgehead atoms. The average Bonchev–Trinajstić information content (AvgIpc) is 2.42. The molecule has 1 heterocycles. The lowest BCUT2D eigenvalue weighted by atomic mass is 10.3. The van der Waals surface area contributed by atoms with Crippen molar-refractivity contribution in [3.63, 3.8) is 0 Å². The molecule has 0 fully saturated rings. The van der Waals surface area contributed by atoms with Crippen LogP contribution in [0.15, 0.2) is 6.07 Å². The van der Waals surface area contributed by atoms with E-state index < -0.39 is 29.0 Å². The first-order chi connectivity index (χ1) is 6.09. The maximum Gasteiger partial charge on any atom is 0.287 e. The summed E-state index contributed by atoms with van der Waals surface area (Å²) in [6.07, 6.45) is -1.08. The summed E-state index contributed by atoms with van der Waals surface area (Å²) in [6.45, 7) is 0. The van der Waals surface area contributed by atoms with Crippen molar-refractivity contribution in [2.24, 2.45) is 0 Å². The summed E-state index contributed by atoms with van der Waals surface area (Å²) in [6, 6.07) is 0.643. The summed E-state index contributed by atoms with van der Waals surface area (Å²) in [5.41, 5.74) is -0.759. The van der Waals surface area contributed by atoms with Crippen LogP contribution in [0.25, 0.3) is 11.0 Å². The normalized spacial score (nSPS) is 11.1. The van der Waals surface area contributed by atoms with Gasteiger partial charge in [-0.15, -0.1) is 0 Å². The first-order valence-corrected chi connectivity index (χ1v) is 3.28. The molecule has 0 aliphatic carbocycles. The van der Waals surface area contributed by atoms with Gasteiger partial charge in [0.05, 0.1) is 5.52 Å². The highest BCUT2D eigenvalue weighted by molar-refractivity contribution is 5.75. The van der Waals surface area contributed by atoms with Gasteiger partial charge in [-0.2, -0.15) is 9.37 Å². The summed E-state index contributed by atoms with van der Waals surface area (Å²) in [7, 11) is 0. The van der Waals surface area contributed by atoms with Crippen LogP contribution in [-0.2, 0) is 0 Å². The standard InChI is InChI=1S/C7H2F4N2/c8-2-1-3-6(5(10)4(2)9)13-7(11)12-3/h1H,(H,12,13). The molecule has 68 valence electrons. The largest absolute Gasteiger partial charge is 0.314 e. The molecule has 0 radical (unpaired) electrons. The van der Waals surface area contributed by atoms with Gasteiger partial charge in [0, 0.05) is 6.07 Å². The Morgan fingerprint density at radius 3 is 2.46 bits per heavy atom.